The fourth-order valence-corrected chi connectivity index (χ4v) is 3.71. The van der Waals surface area contributed by atoms with Crippen LogP contribution in [0.5, 0.6) is 5.75 Å². The second-order valence-corrected chi connectivity index (χ2v) is 7.35. The molecule has 0 saturated carbocycles. The topological polar surface area (TPSA) is 56.2 Å². The number of para-hydroxylation sites is 2. The Morgan fingerprint density at radius 3 is 2.41 bits per heavy atom. The van der Waals surface area contributed by atoms with E-state index in [2.05, 4.69) is 41.0 Å². The predicted molar refractivity (Wildman–Crippen MR) is 117 cm³/mol. The summed E-state index contributed by atoms with van der Waals surface area (Å²) in [4.78, 5) is 18.0. The molecule has 0 aromatic heterocycles. The summed E-state index contributed by atoms with van der Waals surface area (Å²) in [5, 5.41) is 9.69. The molecule has 2 aromatic rings. The molecule has 1 aliphatic heterocycles. The summed E-state index contributed by atoms with van der Waals surface area (Å²) < 4.78 is 5.60. The minimum Gasteiger partial charge on any atom is -0.492 e. The van der Waals surface area contributed by atoms with Crippen LogP contribution in [0, 0.1) is 6.92 Å². The van der Waals surface area contributed by atoms with Crippen molar-refractivity contribution < 1.29 is 14.6 Å². The number of benzene rings is 2. The van der Waals surface area contributed by atoms with Crippen LogP contribution in [0.2, 0.25) is 0 Å². The quantitative estimate of drug-likeness (QED) is 0.727. The van der Waals surface area contributed by atoms with E-state index >= 15 is 0 Å². The van der Waals surface area contributed by atoms with Gasteiger partial charge in [0.1, 0.15) is 5.75 Å². The third-order valence-corrected chi connectivity index (χ3v) is 5.31. The van der Waals surface area contributed by atoms with Gasteiger partial charge in [-0.05, 0) is 51.1 Å². The number of ether oxygens (including phenoxy) is 1. The molecule has 3 rings (SSSR count). The van der Waals surface area contributed by atoms with Crippen molar-refractivity contribution in [2.45, 2.75) is 20.3 Å². The molecule has 6 nitrogen and oxygen atoms in total. The van der Waals surface area contributed by atoms with Crippen LogP contribution < -0.4 is 14.5 Å². The molecule has 6 heteroatoms. The maximum atomic E-state index is 11.8. The number of carboxylic acid groups (broad SMARTS) is 1. The molecule has 0 aliphatic carbocycles. The Balaban J connectivity index is 1.50. The van der Waals surface area contributed by atoms with Gasteiger partial charge in [-0.2, -0.15) is 0 Å². The first-order valence-electron chi connectivity index (χ1n) is 10.3. The molecule has 156 valence electrons. The highest BCUT2D eigenvalue weighted by Gasteiger charge is 2.20. The number of hydrogen-bond donors (Lipinski definition) is 1. The van der Waals surface area contributed by atoms with Gasteiger partial charge in [-0.25, -0.2) is 4.79 Å². The van der Waals surface area contributed by atoms with E-state index in [1.54, 1.807) is 6.07 Å². The van der Waals surface area contributed by atoms with Gasteiger partial charge in [-0.3, -0.25) is 9.80 Å². The Kier molecular flexibility index (Phi) is 7.36. The van der Waals surface area contributed by atoms with Crippen LogP contribution in [0.3, 0.4) is 0 Å². The first kappa shape index (κ1) is 21.0. The van der Waals surface area contributed by atoms with Crippen molar-refractivity contribution in [3.05, 3.63) is 54.1 Å². The maximum Gasteiger partial charge on any atom is 0.411 e. The normalized spacial score (nSPS) is 14.6. The molecule has 1 aliphatic rings. The Morgan fingerprint density at radius 2 is 1.76 bits per heavy atom. The lowest BCUT2D eigenvalue weighted by molar-refractivity contribution is 0.200. The standard InChI is InChI=1S/C23H31N3O3/c1-3-29-22-8-5-4-7-21(22)26(23(27)28)14-6-13-24-15-17-25(18-16-24)20-11-9-19(2)10-12-20/h4-5,7-12H,3,6,13-18H2,1-2H3,(H,27,28). The van der Waals surface area contributed by atoms with Gasteiger partial charge < -0.3 is 14.7 Å². The van der Waals surface area contributed by atoms with Crippen molar-refractivity contribution in [1.29, 1.82) is 0 Å². The van der Waals surface area contributed by atoms with E-state index in [1.807, 2.05) is 25.1 Å². The van der Waals surface area contributed by atoms with Crippen molar-refractivity contribution in [1.82, 2.24) is 4.90 Å². The molecule has 1 heterocycles. The minimum atomic E-state index is -0.943. The number of nitrogens with zero attached hydrogens (tertiary/aromatic N) is 3. The Hall–Kier alpha value is -2.73. The molecule has 1 fully saturated rings. The summed E-state index contributed by atoms with van der Waals surface area (Å²) in [5.41, 5.74) is 3.17. The number of piperazine rings is 1. The fourth-order valence-electron chi connectivity index (χ4n) is 3.71. The highest BCUT2D eigenvalue weighted by molar-refractivity contribution is 5.88. The number of aryl methyl sites for hydroxylation is 1. The molecule has 0 bridgehead atoms. The lowest BCUT2D eigenvalue weighted by atomic mass is 10.2. The number of rotatable bonds is 8. The number of hydrogen-bond acceptors (Lipinski definition) is 4. The molecule has 2 aromatic carbocycles. The number of carbonyl (C=O) groups is 1. The molecule has 29 heavy (non-hydrogen) atoms. The van der Waals surface area contributed by atoms with E-state index in [9.17, 15) is 9.90 Å². The second-order valence-electron chi connectivity index (χ2n) is 7.35. The summed E-state index contributed by atoms with van der Waals surface area (Å²) in [6.45, 7) is 9.85. The molecule has 1 saturated heterocycles. The molecule has 1 N–H and O–H groups in total. The van der Waals surface area contributed by atoms with Crippen molar-refractivity contribution in [3.63, 3.8) is 0 Å². The molecule has 0 unspecified atom stereocenters. The predicted octanol–water partition coefficient (Wildman–Crippen LogP) is 4.09. The van der Waals surface area contributed by atoms with Crippen LogP contribution in [0.15, 0.2) is 48.5 Å². The zero-order valence-electron chi connectivity index (χ0n) is 17.4. The zero-order chi connectivity index (χ0) is 20.6. The van der Waals surface area contributed by atoms with Gasteiger partial charge in [-0.15, -0.1) is 0 Å². The van der Waals surface area contributed by atoms with Crippen molar-refractivity contribution in [3.8, 4) is 5.75 Å². The van der Waals surface area contributed by atoms with Crippen LogP contribution >= 0.6 is 0 Å². The lowest BCUT2D eigenvalue weighted by Crippen LogP contribution is -2.47. The fraction of sp³-hybridized carbons (Fsp3) is 0.435. The Morgan fingerprint density at radius 1 is 1.07 bits per heavy atom. The van der Waals surface area contributed by atoms with Gasteiger partial charge in [0.15, 0.2) is 0 Å². The van der Waals surface area contributed by atoms with E-state index in [0.29, 0.717) is 24.6 Å². The highest BCUT2D eigenvalue weighted by atomic mass is 16.5. The average molecular weight is 398 g/mol. The number of anilines is 2. The third-order valence-electron chi connectivity index (χ3n) is 5.31. The molecule has 0 radical (unpaired) electrons. The van der Waals surface area contributed by atoms with E-state index in [0.717, 1.165) is 39.1 Å². The van der Waals surface area contributed by atoms with Gasteiger partial charge in [0.25, 0.3) is 0 Å². The summed E-state index contributed by atoms with van der Waals surface area (Å²) in [7, 11) is 0. The molecular formula is C23H31N3O3. The first-order chi connectivity index (χ1) is 14.1. The molecule has 1 amide bonds. The summed E-state index contributed by atoms with van der Waals surface area (Å²) in [5.74, 6) is 0.615. The van der Waals surface area contributed by atoms with Crippen LogP contribution in [-0.4, -0.2) is 62.0 Å². The van der Waals surface area contributed by atoms with Gasteiger partial charge >= 0.3 is 6.09 Å². The molecule has 0 atom stereocenters. The van der Waals surface area contributed by atoms with Gasteiger partial charge in [0, 0.05) is 38.4 Å². The summed E-state index contributed by atoms with van der Waals surface area (Å²) in [6, 6.07) is 16.0. The van der Waals surface area contributed by atoms with Crippen molar-refractivity contribution in [2.24, 2.45) is 0 Å². The van der Waals surface area contributed by atoms with Crippen molar-refractivity contribution >= 4 is 17.5 Å². The van der Waals surface area contributed by atoms with E-state index in [4.69, 9.17) is 4.74 Å². The van der Waals surface area contributed by atoms with Crippen LogP contribution in [0.4, 0.5) is 16.2 Å². The highest BCUT2D eigenvalue weighted by Crippen LogP contribution is 2.28. The van der Waals surface area contributed by atoms with Gasteiger partial charge in [-0.1, -0.05) is 29.8 Å². The lowest BCUT2D eigenvalue weighted by Gasteiger charge is -2.36. The van der Waals surface area contributed by atoms with Gasteiger partial charge in [0.2, 0.25) is 0 Å². The van der Waals surface area contributed by atoms with E-state index in [1.165, 1.54) is 16.2 Å². The Labute approximate surface area is 173 Å². The van der Waals surface area contributed by atoms with Crippen LogP contribution in [-0.2, 0) is 0 Å². The number of amides is 1. The minimum absolute atomic E-state index is 0.456. The Bertz CT molecular complexity index is 786. The van der Waals surface area contributed by atoms with Crippen LogP contribution in [0.1, 0.15) is 18.9 Å². The van der Waals surface area contributed by atoms with E-state index < -0.39 is 6.09 Å². The molecular weight excluding hydrogens is 366 g/mol. The zero-order valence-corrected chi connectivity index (χ0v) is 17.4. The maximum absolute atomic E-state index is 11.8. The average Bonchev–Trinajstić information content (AvgIpc) is 2.73. The first-order valence-corrected chi connectivity index (χ1v) is 10.3. The summed E-state index contributed by atoms with van der Waals surface area (Å²) >= 11 is 0. The molecule has 0 spiro atoms. The monoisotopic (exact) mass is 397 g/mol. The second kappa shape index (κ2) is 10.2. The van der Waals surface area contributed by atoms with Crippen LogP contribution in [0.25, 0.3) is 0 Å². The van der Waals surface area contributed by atoms with E-state index in [-0.39, 0.29) is 0 Å². The summed E-state index contributed by atoms with van der Waals surface area (Å²) in [6.07, 6.45) is -0.154. The largest absolute Gasteiger partial charge is 0.492 e. The van der Waals surface area contributed by atoms with Gasteiger partial charge in [0.05, 0.1) is 12.3 Å². The third kappa shape index (κ3) is 5.64. The smallest absolute Gasteiger partial charge is 0.411 e. The van der Waals surface area contributed by atoms with Crippen molar-refractivity contribution in [2.75, 3.05) is 55.7 Å². The SMILES string of the molecule is CCOc1ccccc1N(CCCN1CCN(c2ccc(C)cc2)CC1)C(=O)O.